The van der Waals surface area contributed by atoms with Crippen LogP contribution in [0, 0.1) is 13.8 Å². The Labute approximate surface area is 170 Å². The predicted molar refractivity (Wildman–Crippen MR) is 113 cm³/mol. The van der Waals surface area contributed by atoms with Crippen LogP contribution in [0.2, 0.25) is 0 Å². The maximum atomic E-state index is 12.5. The molecule has 1 aliphatic rings. The first-order valence-electron chi connectivity index (χ1n) is 10.1. The van der Waals surface area contributed by atoms with Crippen molar-refractivity contribution in [3.63, 3.8) is 0 Å². The zero-order valence-electron chi connectivity index (χ0n) is 16.9. The van der Waals surface area contributed by atoms with Crippen LogP contribution >= 0.6 is 11.3 Å². The number of hydrogen-bond acceptors (Lipinski definition) is 7. The standard InChI is InChI=1S/C20H30N6OS/c1-4-5-6-16(21)19(27)26-9-7-15(8-10-26)18-23-13(2)11-17(24-18)25-20-22-12-14(3)28-20/h11-12,15-16H,4-10,21H2,1-3H3,(H,22,23,24,25)/t16-/m1/s1. The summed E-state index contributed by atoms with van der Waals surface area (Å²) in [4.78, 5) is 29.3. The molecular weight excluding hydrogens is 372 g/mol. The number of anilines is 2. The number of thiazole rings is 1. The summed E-state index contributed by atoms with van der Waals surface area (Å²) in [5.74, 6) is 1.96. The fourth-order valence-electron chi connectivity index (χ4n) is 3.50. The van der Waals surface area contributed by atoms with Gasteiger partial charge in [-0.2, -0.15) is 0 Å². The first-order chi connectivity index (χ1) is 13.5. The highest BCUT2D eigenvalue weighted by Gasteiger charge is 2.28. The van der Waals surface area contributed by atoms with Crippen molar-refractivity contribution in [3.05, 3.63) is 28.7 Å². The first kappa shape index (κ1) is 20.7. The van der Waals surface area contributed by atoms with Gasteiger partial charge in [-0.05, 0) is 33.1 Å². The van der Waals surface area contributed by atoms with E-state index in [4.69, 9.17) is 10.7 Å². The average molecular weight is 403 g/mol. The van der Waals surface area contributed by atoms with Crippen molar-refractivity contribution in [1.82, 2.24) is 19.9 Å². The lowest BCUT2D eigenvalue weighted by Gasteiger charge is -2.33. The van der Waals surface area contributed by atoms with Crippen molar-refractivity contribution in [1.29, 1.82) is 0 Å². The number of amides is 1. The summed E-state index contributed by atoms with van der Waals surface area (Å²) in [6.07, 6.45) is 6.40. The summed E-state index contributed by atoms with van der Waals surface area (Å²) in [6.45, 7) is 7.56. The third kappa shape index (κ3) is 5.26. The second kappa shape index (κ2) is 9.43. The van der Waals surface area contributed by atoms with Crippen LogP contribution in [0.25, 0.3) is 0 Å². The molecule has 2 aromatic rings. The van der Waals surface area contributed by atoms with Crippen molar-refractivity contribution < 1.29 is 4.79 Å². The van der Waals surface area contributed by atoms with Crippen LogP contribution in [0.5, 0.6) is 0 Å². The molecule has 1 aliphatic heterocycles. The first-order valence-corrected chi connectivity index (χ1v) is 10.9. The van der Waals surface area contributed by atoms with E-state index in [1.165, 1.54) is 0 Å². The summed E-state index contributed by atoms with van der Waals surface area (Å²) in [5.41, 5.74) is 7.00. The molecule has 1 amide bonds. The Morgan fingerprint density at radius 3 is 2.75 bits per heavy atom. The molecule has 0 unspecified atom stereocenters. The zero-order chi connectivity index (χ0) is 20.1. The normalized spacial score (nSPS) is 16.2. The van der Waals surface area contributed by atoms with Crippen LogP contribution in [-0.2, 0) is 4.79 Å². The molecule has 3 heterocycles. The predicted octanol–water partition coefficient (Wildman–Crippen LogP) is 3.52. The number of nitrogens with two attached hydrogens (primary N) is 1. The van der Waals surface area contributed by atoms with E-state index in [0.717, 1.165) is 72.5 Å². The molecule has 2 aromatic heterocycles. The van der Waals surface area contributed by atoms with Gasteiger partial charge in [-0.3, -0.25) is 4.79 Å². The number of nitrogens with one attached hydrogen (secondary N) is 1. The summed E-state index contributed by atoms with van der Waals surface area (Å²) in [7, 11) is 0. The second-order valence-electron chi connectivity index (χ2n) is 7.50. The number of likely N-dealkylation sites (tertiary alicyclic amines) is 1. The van der Waals surface area contributed by atoms with Gasteiger partial charge in [0.1, 0.15) is 11.6 Å². The van der Waals surface area contributed by atoms with Crippen LogP contribution < -0.4 is 11.1 Å². The van der Waals surface area contributed by atoms with Gasteiger partial charge >= 0.3 is 0 Å². The molecule has 3 N–H and O–H groups in total. The topological polar surface area (TPSA) is 97.0 Å². The van der Waals surface area contributed by atoms with Crippen LogP contribution in [0.15, 0.2) is 12.3 Å². The second-order valence-corrected chi connectivity index (χ2v) is 8.74. The SMILES string of the molecule is CCCC[C@@H](N)C(=O)N1CCC(c2nc(C)cc(Nc3ncc(C)s3)n2)CC1. The van der Waals surface area contributed by atoms with Crippen molar-refractivity contribution in [2.45, 2.75) is 64.8 Å². The van der Waals surface area contributed by atoms with E-state index in [0.29, 0.717) is 0 Å². The average Bonchev–Trinajstić information content (AvgIpc) is 3.09. The third-order valence-electron chi connectivity index (χ3n) is 5.09. The van der Waals surface area contributed by atoms with Crippen LogP contribution in [0.4, 0.5) is 10.9 Å². The van der Waals surface area contributed by atoms with Gasteiger partial charge in [0.2, 0.25) is 5.91 Å². The van der Waals surface area contributed by atoms with E-state index in [1.807, 2.05) is 31.0 Å². The minimum Gasteiger partial charge on any atom is -0.341 e. The van der Waals surface area contributed by atoms with Gasteiger partial charge in [0.05, 0.1) is 6.04 Å². The van der Waals surface area contributed by atoms with Crippen LogP contribution in [-0.4, -0.2) is 44.9 Å². The molecule has 1 saturated heterocycles. The Kier molecular flexibility index (Phi) is 6.96. The fraction of sp³-hybridized carbons (Fsp3) is 0.600. The van der Waals surface area contributed by atoms with E-state index < -0.39 is 0 Å². The maximum absolute atomic E-state index is 12.5. The van der Waals surface area contributed by atoms with Gasteiger partial charge < -0.3 is 16.0 Å². The Morgan fingerprint density at radius 2 is 2.11 bits per heavy atom. The molecule has 0 aromatic carbocycles. The van der Waals surface area contributed by atoms with Crippen molar-refractivity contribution in [2.24, 2.45) is 5.73 Å². The molecule has 28 heavy (non-hydrogen) atoms. The lowest BCUT2D eigenvalue weighted by Crippen LogP contribution is -2.47. The minimum atomic E-state index is -0.371. The van der Waals surface area contributed by atoms with E-state index in [-0.39, 0.29) is 17.9 Å². The smallest absolute Gasteiger partial charge is 0.239 e. The number of carbonyl (C=O) groups excluding carboxylic acids is 1. The zero-order valence-corrected chi connectivity index (χ0v) is 17.8. The van der Waals surface area contributed by atoms with Gasteiger partial charge in [0, 0.05) is 41.8 Å². The van der Waals surface area contributed by atoms with E-state index in [1.54, 1.807) is 11.3 Å². The molecule has 0 aliphatic carbocycles. The third-order valence-corrected chi connectivity index (χ3v) is 5.91. The number of carbonyl (C=O) groups is 1. The van der Waals surface area contributed by atoms with E-state index in [9.17, 15) is 4.79 Å². The van der Waals surface area contributed by atoms with Crippen molar-refractivity contribution in [3.8, 4) is 0 Å². The number of piperidine rings is 1. The van der Waals surface area contributed by atoms with Gasteiger partial charge in [-0.1, -0.05) is 19.8 Å². The Bertz CT molecular complexity index is 800. The highest BCUT2D eigenvalue weighted by atomic mass is 32.1. The maximum Gasteiger partial charge on any atom is 0.239 e. The summed E-state index contributed by atoms with van der Waals surface area (Å²) in [5, 5.41) is 4.12. The number of nitrogens with zero attached hydrogens (tertiary/aromatic N) is 4. The number of hydrogen-bond donors (Lipinski definition) is 2. The van der Waals surface area contributed by atoms with Crippen molar-refractivity contribution in [2.75, 3.05) is 18.4 Å². The molecule has 0 spiro atoms. The Hall–Kier alpha value is -2.06. The quantitative estimate of drug-likeness (QED) is 0.735. The monoisotopic (exact) mass is 402 g/mol. The fourth-order valence-corrected chi connectivity index (χ4v) is 4.17. The molecule has 152 valence electrons. The number of aryl methyl sites for hydroxylation is 2. The lowest BCUT2D eigenvalue weighted by atomic mass is 9.95. The molecular formula is C20H30N6OS. The summed E-state index contributed by atoms with van der Waals surface area (Å²) < 4.78 is 0. The molecule has 7 nitrogen and oxygen atoms in total. The molecule has 1 atom stereocenters. The molecule has 0 saturated carbocycles. The highest BCUT2D eigenvalue weighted by molar-refractivity contribution is 7.15. The highest BCUT2D eigenvalue weighted by Crippen LogP contribution is 2.28. The molecule has 3 rings (SSSR count). The van der Waals surface area contributed by atoms with E-state index in [2.05, 4.69) is 22.2 Å². The van der Waals surface area contributed by atoms with Crippen LogP contribution in [0.3, 0.4) is 0 Å². The largest absolute Gasteiger partial charge is 0.341 e. The number of unbranched alkanes of at least 4 members (excludes halogenated alkanes) is 1. The lowest BCUT2D eigenvalue weighted by molar-refractivity contribution is -0.133. The molecule has 0 bridgehead atoms. The van der Waals surface area contributed by atoms with Gasteiger partial charge in [0.15, 0.2) is 5.13 Å². The summed E-state index contributed by atoms with van der Waals surface area (Å²) >= 11 is 1.60. The minimum absolute atomic E-state index is 0.0820. The van der Waals surface area contributed by atoms with Gasteiger partial charge in [-0.15, -0.1) is 11.3 Å². The molecule has 0 radical (unpaired) electrons. The van der Waals surface area contributed by atoms with Crippen molar-refractivity contribution >= 4 is 28.2 Å². The number of rotatable bonds is 7. The summed E-state index contributed by atoms with van der Waals surface area (Å²) in [6, 6.07) is 1.57. The van der Waals surface area contributed by atoms with Gasteiger partial charge in [0.25, 0.3) is 0 Å². The Morgan fingerprint density at radius 1 is 1.36 bits per heavy atom. The molecule has 8 heteroatoms. The Balaban J connectivity index is 1.61. The van der Waals surface area contributed by atoms with E-state index >= 15 is 0 Å². The van der Waals surface area contributed by atoms with Gasteiger partial charge in [-0.25, -0.2) is 15.0 Å². The molecule has 1 fully saturated rings. The number of aromatic nitrogens is 3. The van der Waals surface area contributed by atoms with Crippen LogP contribution in [0.1, 0.15) is 61.3 Å².